The van der Waals surface area contributed by atoms with Gasteiger partial charge < -0.3 is 19.7 Å². The molecule has 4 rings (SSSR count). The quantitative estimate of drug-likeness (QED) is 0.779. The van der Waals surface area contributed by atoms with Crippen molar-refractivity contribution in [2.24, 2.45) is 0 Å². The van der Waals surface area contributed by atoms with Gasteiger partial charge in [0.1, 0.15) is 11.6 Å². The molecule has 5 nitrogen and oxygen atoms in total. The minimum absolute atomic E-state index is 0.0174. The van der Waals surface area contributed by atoms with Crippen LogP contribution in [0.1, 0.15) is 6.04 Å². The molecule has 0 amide bonds. The lowest BCUT2D eigenvalue weighted by atomic mass is 10.0. The Balaban J connectivity index is 1.95. The van der Waals surface area contributed by atoms with E-state index in [9.17, 15) is 5.11 Å². The van der Waals surface area contributed by atoms with E-state index in [2.05, 4.69) is 33.1 Å². The fraction of sp³-hybridized carbons (Fsp3) is 0.278. The van der Waals surface area contributed by atoms with Crippen molar-refractivity contribution >= 4 is 10.8 Å². The lowest BCUT2D eigenvalue weighted by molar-refractivity contribution is 0.151. The number of ether oxygens (including phenoxy) is 1. The Bertz CT molecular complexity index is 843. The normalized spacial score (nSPS) is 21.0. The molecular formula is C18H19N3O2. The van der Waals surface area contributed by atoms with Crippen molar-refractivity contribution in [2.45, 2.75) is 12.1 Å². The number of hydrogen-bond acceptors (Lipinski definition) is 4. The van der Waals surface area contributed by atoms with E-state index in [1.807, 2.05) is 24.4 Å². The van der Waals surface area contributed by atoms with E-state index < -0.39 is 6.10 Å². The zero-order valence-electron chi connectivity index (χ0n) is 12.9. The van der Waals surface area contributed by atoms with E-state index in [4.69, 9.17) is 4.74 Å². The number of nitrogens with one attached hydrogen (secondary N) is 1. The Morgan fingerprint density at radius 2 is 2.09 bits per heavy atom. The molecule has 118 valence electrons. The van der Waals surface area contributed by atoms with Crippen molar-refractivity contribution in [3.05, 3.63) is 48.8 Å². The summed E-state index contributed by atoms with van der Waals surface area (Å²) in [4.78, 5) is 4.57. The number of hydrogen-bond donors (Lipinski definition) is 2. The lowest BCUT2D eigenvalue weighted by Crippen LogP contribution is -2.22. The van der Waals surface area contributed by atoms with Crippen molar-refractivity contribution in [2.75, 3.05) is 20.2 Å². The van der Waals surface area contributed by atoms with Crippen molar-refractivity contribution in [3.8, 4) is 17.1 Å². The third-order valence-electron chi connectivity index (χ3n) is 4.51. The summed E-state index contributed by atoms with van der Waals surface area (Å²) < 4.78 is 7.64. The second-order valence-electron chi connectivity index (χ2n) is 5.82. The summed E-state index contributed by atoms with van der Waals surface area (Å²) in [5.41, 5.74) is 0.967. The molecule has 1 aliphatic rings. The minimum Gasteiger partial charge on any atom is -0.496 e. The smallest absolute Gasteiger partial charge is 0.144 e. The molecule has 2 heterocycles. The van der Waals surface area contributed by atoms with Gasteiger partial charge in [0, 0.05) is 25.5 Å². The summed E-state index contributed by atoms with van der Waals surface area (Å²) in [5, 5.41) is 15.7. The highest BCUT2D eigenvalue weighted by molar-refractivity contribution is 5.98. The second kappa shape index (κ2) is 5.68. The van der Waals surface area contributed by atoms with Crippen LogP contribution in [0.4, 0.5) is 0 Å². The molecule has 0 aliphatic carbocycles. The van der Waals surface area contributed by atoms with Gasteiger partial charge in [-0.3, -0.25) is 0 Å². The number of β-amino-alcohol motifs (C(OH)–C–C–N with tert-alkyl or cyclic N) is 1. The second-order valence-corrected chi connectivity index (χ2v) is 5.82. The van der Waals surface area contributed by atoms with Crippen LogP contribution < -0.4 is 10.1 Å². The fourth-order valence-corrected chi connectivity index (χ4v) is 3.36. The molecule has 2 N–H and O–H groups in total. The molecule has 1 aromatic heterocycles. The zero-order chi connectivity index (χ0) is 15.8. The van der Waals surface area contributed by atoms with Crippen LogP contribution in [0.2, 0.25) is 0 Å². The van der Waals surface area contributed by atoms with Crippen molar-refractivity contribution < 1.29 is 9.84 Å². The van der Waals surface area contributed by atoms with Crippen molar-refractivity contribution in [1.82, 2.24) is 14.9 Å². The number of benzene rings is 2. The van der Waals surface area contributed by atoms with Gasteiger partial charge in [-0.05, 0) is 16.8 Å². The number of rotatable bonds is 3. The number of methoxy groups -OCH3 is 1. The molecule has 1 fully saturated rings. The standard InChI is InChI=1S/C18H19N3O2/c1-23-16-7-6-12-4-2-3-5-13(12)17(16)18-20-8-9-21(18)14-10-19-11-15(14)22/h2-9,14-15,19,22H,10-11H2,1H3/t14-,15-/m0/s1. The number of aliphatic hydroxyl groups is 1. The highest BCUT2D eigenvalue weighted by atomic mass is 16.5. The third kappa shape index (κ3) is 2.29. The van der Waals surface area contributed by atoms with Crippen LogP contribution in [0, 0.1) is 0 Å². The van der Waals surface area contributed by atoms with Gasteiger partial charge in [-0.2, -0.15) is 0 Å². The summed E-state index contributed by atoms with van der Waals surface area (Å²) in [7, 11) is 1.67. The first-order valence-corrected chi connectivity index (χ1v) is 7.77. The van der Waals surface area contributed by atoms with Crippen LogP contribution in [0.15, 0.2) is 48.8 Å². The maximum Gasteiger partial charge on any atom is 0.144 e. The summed E-state index contributed by atoms with van der Waals surface area (Å²) in [6.45, 7) is 1.34. The first-order valence-electron chi connectivity index (χ1n) is 7.77. The Hall–Kier alpha value is -2.37. The maximum absolute atomic E-state index is 10.2. The molecular weight excluding hydrogens is 290 g/mol. The number of aliphatic hydroxyl groups excluding tert-OH is 1. The predicted molar refractivity (Wildman–Crippen MR) is 89.6 cm³/mol. The van der Waals surface area contributed by atoms with Crippen LogP contribution in [0.3, 0.4) is 0 Å². The lowest BCUT2D eigenvalue weighted by Gasteiger charge is -2.20. The van der Waals surface area contributed by atoms with E-state index in [1.165, 1.54) is 0 Å². The Kier molecular flexibility index (Phi) is 3.52. The van der Waals surface area contributed by atoms with Gasteiger partial charge in [-0.15, -0.1) is 0 Å². The van der Waals surface area contributed by atoms with E-state index in [0.29, 0.717) is 6.54 Å². The van der Waals surface area contributed by atoms with Gasteiger partial charge in [-0.1, -0.05) is 30.3 Å². The monoisotopic (exact) mass is 309 g/mol. The molecule has 2 aromatic carbocycles. The Labute approximate surface area is 134 Å². The SMILES string of the molecule is COc1ccc2ccccc2c1-c1nccn1[C@H]1CNC[C@@H]1O. The summed E-state index contributed by atoms with van der Waals surface area (Å²) in [6, 6.07) is 12.2. The Morgan fingerprint density at radius 1 is 1.22 bits per heavy atom. The summed E-state index contributed by atoms with van der Waals surface area (Å²) >= 11 is 0. The highest BCUT2D eigenvalue weighted by Gasteiger charge is 2.29. The molecule has 1 saturated heterocycles. The molecule has 23 heavy (non-hydrogen) atoms. The molecule has 0 saturated carbocycles. The number of fused-ring (bicyclic) bond motifs is 1. The molecule has 0 unspecified atom stereocenters. The third-order valence-corrected chi connectivity index (χ3v) is 4.51. The van der Waals surface area contributed by atoms with Gasteiger partial charge in [0.25, 0.3) is 0 Å². The van der Waals surface area contributed by atoms with Crippen LogP contribution in [-0.4, -0.2) is 41.0 Å². The fourth-order valence-electron chi connectivity index (χ4n) is 3.36. The summed E-state index contributed by atoms with van der Waals surface area (Å²) in [6.07, 6.45) is 3.29. The predicted octanol–water partition coefficient (Wildman–Crippen LogP) is 2.22. The van der Waals surface area contributed by atoms with Gasteiger partial charge in [0.05, 0.1) is 24.8 Å². The largest absolute Gasteiger partial charge is 0.496 e. The molecule has 3 aromatic rings. The molecule has 0 bridgehead atoms. The molecule has 0 spiro atoms. The highest BCUT2D eigenvalue weighted by Crippen LogP contribution is 2.37. The van der Waals surface area contributed by atoms with E-state index in [1.54, 1.807) is 13.3 Å². The Morgan fingerprint density at radius 3 is 2.87 bits per heavy atom. The van der Waals surface area contributed by atoms with E-state index in [-0.39, 0.29) is 6.04 Å². The van der Waals surface area contributed by atoms with Crippen LogP contribution in [0.5, 0.6) is 5.75 Å². The summed E-state index contributed by atoms with van der Waals surface area (Å²) in [5.74, 6) is 1.61. The molecule has 2 atom stereocenters. The zero-order valence-corrected chi connectivity index (χ0v) is 12.9. The number of imidazole rings is 1. The number of nitrogens with zero attached hydrogens (tertiary/aromatic N) is 2. The van der Waals surface area contributed by atoms with Crippen LogP contribution in [0.25, 0.3) is 22.2 Å². The minimum atomic E-state index is -0.413. The molecule has 0 radical (unpaired) electrons. The van der Waals surface area contributed by atoms with Gasteiger partial charge in [0.2, 0.25) is 0 Å². The molecule has 1 aliphatic heterocycles. The van der Waals surface area contributed by atoms with Crippen LogP contribution in [-0.2, 0) is 0 Å². The average molecular weight is 309 g/mol. The van der Waals surface area contributed by atoms with Crippen molar-refractivity contribution in [3.63, 3.8) is 0 Å². The molecule has 5 heteroatoms. The van der Waals surface area contributed by atoms with Gasteiger partial charge in [-0.25, -0.2) is 4.98 Å². The first kappa shape index (κ1) is 14.2. The number of aromatic nitrogens is 2. The van der Waals surface area contributed by atoms with E-state index >= 15 is 0 Å². The van der Waals surface area contributed by atoms with Crippen LogP contribution >= 0.6 is 0 Å². The van der Waals surface area contributed by atoms with Gasteiger partial charge >= 0.3 is 0 Å². The first-order chi connectivity index (χ1) is 11.3. The maximum atomic E-state index is 10.2. The topological polar surface area (TPSA) is 59.3 Å². The van der Waals surface area contributed by atoms with Crippen molar-refractivity contribution in [1.29, 1.82) is 0 Å². The van der Waals surface area contributed by atoms with E-state index in [0.717, 1.165) is 34.5 Å². The van der Waals surface area contributed by atoms with Gasteiger partial charge in [0.15, 0.2) is 0 Å². The average Bonchev–Trinajstić information content (AvgIpc) is 3.22.